The highest BCUT2D eigenvalue weighted by atomic mass is 16.4. The van der Waals surface area contributed by atoms with Crippen LogP contribution in [0.5, 0.6) is 0 Å². The van der Waals surface area contributed by atoms with Crippen molar-refractivity contribution in [2.24, 2.45) is 0 Å². The monoisotopic (exact) mass is 233 g/mol. The van der Waals surface area contributed by atoms with Gasteiger partial charge in [0.25, 0.3) is 0 Å². The lowest BCUT2D eigenvalue weighted by atomic mass is 9.93. The van der Waals surface area contributed by atoms with Crippen LogP contribution in [0.4, 0.5) is 0 Å². The van der Waals surface area contributed by atoms with Gasteiger partial charge in [-0.1, -0.05) is 24.3 Å². The van der Waals surface area contributed by atoms with Gasteiger partial charge in [0, 0.05) is 19.0 Å². The Morgan fingerprint density at radius 1 is 1.47 bits per heavy atom. The molecule has 2 rings (SSSR count). The molecule has 3 nitrogen and oxygen atoms in total. The van der Waals surface area contributed by atoms with E-state index in [1.54, 1.807) is 0 Å². The van der Waals surface area contributed by atoms with Crippen LogP contribution in [0, 0.1) is 0 Å². The van der Waals surface area contributed by atoms with Crippen LogP contribution in [-0.4, -0.2) is 29.1 Å². The van der Waals surface area contributed by atoms with Gasteiger partial charge < -0.3 is 5.11 Å². The number of hydrogen-bond acceptors (Lipinski definition) is 2. The van der Waals surface area contributed by atoms with Gasteiger partial charge in [-0.3, -0.25) is 9.69 Å². The number of rotatable bonds is 4. The molecule has 0 fully saturated rings. The molecule has 0 radical (unpaired) electrons. The molecule has 1 N–H and O–H groups in total. The molecule has 1 aromatic rings. The van der Waals surface area contributed by atoms with Crippen LogP contribution in [0.15, 0.2) is 24.3 Å². The normalized spacial score (nSPS) is 19.9. The maximum absolute atomic E-state index is 10.5. The van der Waals surface area contributed by atoms with E-state index in [0.29, 0.717) is 6.04 Å². The summed E-state index contributed by atoms with van der Waals surface area (Å²) >= 11 is 0. The summed E-state index contributed by atoms with van der Waals surface area (Å²) in [5, 5.41) is 8.65. The number of hydrogen-bond donors (Lipinski definition) is 1. The zero-order valence-corrected chi connectivity index (χ0v) is 10.2. The van der Waals surface area contributed by atoms with E-state index in [-0.39, 0.29) is 6.42 Å². The fourth-order valence-electron chi connectivity index (χ4n) is 2.56. The summed E-state index contributed by atoms with van der Waals surface area (Å²) in [6.45, 7) is 4.12. The van der Waals surface area contributed by atoms with Crippen molar-refractivity contribution in [1.82, 2.24) is 4.90 Å². The highest BCUT2D eigenvalue weighted by molar-refractivity contribution is 5.66. The molecule has 1 atom stereocenters. The van der Waals surface area contributed by atoms with Crippen LogP contribution in [0.1, 0.15) is 36.9 Å². The van der Waals surface area contributed by atoms with Crippen LogP contribution in [0.25, 0.3) is 0 Å². The van der Waals surface area contributed by atoms with Crippen molar-refractivity contribution in [3.05, 3.63) is 35.4 Å². The highest BCUT2D eigenvalue weighted by Gasteiger charge is 2.22. The van der Waals surface area contributed by atoms with E-state index in [1.165, 1.54) is 11.1 Å². The van der Waals surface area contributed by atoms with Crippen molar-refractivity contribution in [1.29, 1.82) is 0 Å². The molecule has 0 aromatic heterocycles. The summed E-state index contributed by atoms with van der Waals surface area (Å²) in [5.74, 6) is -0.699. The number of nitrogens with zero attached hydrogens (tertiary/aromatic N) is 1. The van der Waals surface area contributed by atoms with E-state index in [0.717, 1.165) is 25.9 Å². The van der Waals surface area contributed by atoms with E-state index in [9.17, 15) is 4.79 Å². The van der Waals surface area contributed by atoms with Crippen molar-refractivity contribution >= 4 is 5.97 Å². The minimum atomic E-state index is -0.699. The number of carboxylic acid groups (broad SMARTS) is 1. The minimum Gasteiger partial charge on any atom is -0.481 e. The Morgan fingerprint density at radius 2 is 2.24 bits per heavy atom. The first kappa shape index (κ1) is 12.1. The Hall–Kier alpha value is -1.35. The summed E-state index contributed by atoms with van der Waals surface area (Å²) in [6, 6.07) is 8.96. The Kier molecular flexibility index (Phi) is 3.79. The van der Waals surface area contributed by atoms with E-state index < -0.39 is 5.97 Å². The zero-order valence-electron chi connectivity index (χ0n) is 10.2. The number of carbonyl (C=O) groups is 1. The maximum atomic E-state index is 10.5. The molecule has 1 aliphatic heterocycles. The number of benzene rings is 1. The standard InChI is InChI=1S/C14H19NO2/c1-11-13-6-3-2-5-12(13)8-10-15(11)9-4-7-14(16)17/h2-3,5-6,11H,4,7-10H2,1H3,(H,16,17). The minimum absolute atomic E-state index is 0.269. The van der Waals surface area contributed by atoms with Crippen molar-refractivity contribution in [2.45, 2.75) is 32.2 Å². The van der Waals surface area contributed by atoms with Crippen LogP contribution < -0.4 is 0 Å². The average Bonchev–Trinajstić information content (AvgIpc) is 2.32. The third kappa shape index (κ3) is 2.86. The third-order valence-corrected chi connectivity index (χ3v) is 3.56. The van der Waals surface area contributed by atoms with E-state index in [4.69, 9.17) is 5.11 Å². The molecule has 92 valence electrons. The fraction of sp³-hybridized carbons (Fsp3) is 0.500. The molecule has 3 heteroatoms. The summed E-state index contributed by atoms with van der Waals surface area (Å²) in [6.07, 6.45) is 2.08. The second-order valence-corrected chi connectivity index (χ2v) is 4.66. The number of carboxylic acids is 1. The number of aliphatic carboxylic acids is 1. The fourth-order valence-corrected chi connectivity index (χ4v) is 2.56. The van der Waals surface area contributed by atoms with Gasteiger partial charge in [0.15, 0.2) is 0 Å². The molecule has 1 aromatic carbocycles. The van der Waals surface area contributed by atoms with Crippen molar-refractivity contribution in [3.8, 4) is 0 Å². The van der Waals surface area contributed by atoms with Gasteiger partial charge in [-0.25, -0.2) is 0 Å². The Morgan fingerprint density at radius 3 is 3.00 bits per heavy atom. The predicted molar refractivity (Wildman–Crippen MR) is 67.0 cm³/mol. The van der Waals surface area contributed by atoms with E-state index >= 15 is 0 Å². The van der Waals surface area contributed by atoms with E-state index in [1.807, 2.05) is 0 Å². The first-order chi connectivity index (χ1) is 8.18. The summed E-state index contributed by atoms with van der Waals surface area (Å²) in [4.78, 5) is 12.9. The van der Waals surface area contributed by atoms with E-state index in [2.05, 4.69) is 36.1 Å². The lowest BCUT2D eigenvalue weighted by Crippen LogP contribution is -2.34. The molecule has 17 heavy (non-hydrogen) atoms. The molecular formula is C14H19NO2. The van der Waals surface area contributed by atoms with Crippen LogP contribution in [0.2, 0.25) is 0 Å². The molecule has 0 saturated carbocycles. The summed E-state index contributed by atoms with van der Waals surface area (Å²) in [5.41, 5.74) is 2.84. The van der Waals surface area contributed by atoms with Crippen LogP contribution in [-0.2, 0) is 11.2 Å². The highest BCUT2D eigenvalue weighted by Crippen LogP contribution is 2.28. The molecular weight excluding hydrogens is 214 g/mol. The lowest BCUT2D eigenvalue weighted by Gasteiger charge is -2.35. The van der Waals surface area contributed by atoms with Gasteiger partial charge in [0.05, 0.1) is 0 Å². The largest absolute Gasteiger partial charge is 0.481 e. The van der Waals surface area contributed by atoms with Gasteiger partial charge in [-0.2, -0.15) is 0 Å². The van der Waals surface area contributed by atoms with Crippen molar-refractivity contribution in [2.75, 3.05) is 13.1 Å². The zero-order chi connectivity index (χ0) is 12.3. The lowest BCUT2D eigenvalue weighted by molar-refractivity contribution is -0.137. The third-order valence-electron chi connectivity index (χ3n) is 3.56. The average molecular weight is 233 g/mol. The Balaban J connectivity index is 1.97. The molecule has 0 amide bonds. The molecule has 1 heterocycles. The van der Waals surface area contributed by atoms with Gasteiger partial charge in [-0.05, 0) is 37.4 Å². The topological polar surface area (TPSA) is 40.5 Å². The predicted octanol–water partition coefficient (Wildman–Crippen LogP) is 2.47. The second-order valence-electron chi connectivity index (χ2n) is 4.66. The first-order valence-electron chi connectivity index (χ1n) is 6.22. The second kappa shape index (κ2) is 5.32. The quantitative estimate of drug-likeness (QED) is 0.868. The molecule has 0 saturated heterocycles. The van der Waals surface area contributed by atoms with Crippen LogP contribution >= 0.6 is 0 Å². The molecule has 1 unspecified atom stereocenters. The van der Waals surface area contributed by atoms with Crippen LogP contribution in [0.3, 0.4) is 0 Å². The Bertz CT molecular complexity index is 403. The van der Waals surface area contributed by atoms with Gasteiger partial charge >= 0.3 is 5.97 Å². The Labute approximate surface area is 102 Å². The molecule has 0 aliphatic carbocycles. The molecule has 1 aliphatic rings. The first-order valence-corrected chi connectivity index (χ1v) is 6.22. The molecule has 0 spiro atoms. The SMILES string of the molecule is CC1c2ccccc2CCN1CCCC(=O)O. The van der Waals surface area contributed by atoms with Gasteiger partial charge in [0.1, 0.15) is 0 Å². The smallest absolute Gasteiger partial charge is 0.303 e. The summed E-state index contributed by atoms with van der Waals surface area (Å²) < 4.78 is 0. The maximum Gasteiger partial charge on any atom is 0.303 e. The van der Waals surface area contributed by atoms with Crippen molar-refractivity contribution in [3.63, 3.8) is 0 Å². The molecule has 0 bridgehead atoms. The van der Waals surface area contributed by atoms with Crippen molar-refractivity contribution < 1.29 is 9.90 Å². The number of fused-ring (bicyclic) bond motifs is 1. The van der Waals surface area contributed by atoms with Gasteiger partial charge in [0.2, 0.25) is 0 Å². The summed E-state index contributed by atoms with van der Waals surface area (Å²) in [7, 11) is 0. The van der Waals surface area contributed by atoms with Gasteiger partial charge in [-0.15, -0.1) is 0 Å².